The van der Waals surface area contributed by atoms with Gasteiger partial charge in [-0.15, -0.1) is 0 Å². The van der Waals surface area contributed by atoms with Gasteiger partial charge in [-0.05, 0) is 50.6 Å². The van der Waals surface area contributed by atoms with Crippen molar-refractivity contribution in [1.29, 1.82) is 0 Å². The smallest absolute Gasteiger partial charge is 0.326 e. The number of carboxylic acids is 1. The van der Waals surface area contributed by atoms with Crippen molar-refractivity contribution in [3.63, 3.8) is 0 Å². The Labute approximate surface area is 228 Å². The van der Waals surface area contributed by atoms with E-state index in [2.05, 4.69) is 15.6 Å². The average Bonchev–Trinajstić information content (AvgIpc) is 3.40. The Kier molecular flexibility index (Phi) is 13.2. The van der Waals surface area contributed by atoms with Gasteiger partial charge in [-0.1, -0.05) is 36.8 Å². The van der Waals surface area contributed by atoms with Crippen LogP contribution >= 0.6 is 0 Å². The summed E-state index contributed by atoms with van der Waals surface area (Å²) in [5.41, 5.74) is 23.1. The second-order valence-electron chi connectivity index (χ2n) is 9.68. The minimum Gasteiger partial charge on any atom is -0.480 e. The van der Waals surface area contributed by atoms with E-state index in [-0.39, 0.29) is 25.3 Å². The van der Waals surface area contributed by atoms with Gasteiger partial charge in [0.1, 0.15) is 18.1 Å². The molecule has 0 aliphatic carbocycles. The second-order valence-corrected chi connectivity index (χ2v) is 9.68. The predicted molar refractivity (Wildman–Crippen MR) is 147 cm³/mol. The fraction of sp³-hybridized carbons (Fsp3) is 0.577. The van der Waals surface area contributed by atoms with Crippen LogP contribution in [-0.2, 0) is 25.6 Å². The normalized spacial score (nSPS) is 17.1. The highest BCUT2D eigenvalue weighted by Crippen LogP contribution is 2.20. The molecule has 11 N–H and O–H groups in total. The Morgan fingerprint density at radius 2 is 1.74 bits per heavy atom. The number of nitrogens with one attached hydrogen (secondary N) is 2. The molecule has 1 aliphatic rings. The summed E-state index contributed by atoms with van der Waals surface area (Å²) in [4.78, 5) is 56.7. The maximum atomic E-state index is 13.6. The van der Waals surface area contributed by atoms with Crippen molar-refractivity contribution >= 4 is 29.7 Å². The number of carbonyl (C=O) groups is 4. The minimum absolute atomic E-state index is 0.0800. The van der Waals surface area contributed by atoms with Crippen LogP contribution in [0.3, 0.4) is 0 Å². The Bertz CT molecular complexity index is 986. The van der Waals surface area contributed by atoms with Gasteiger partial charge < -0.3 is 43.6 Å². The van der Waals surface area contributed by atoms with E-state index in [1.165, 1.54) is 4.90 Å². The average molecular weight is 547 g/mol. The third-order valence-electron chi connectivity index (χ3n) is 6.60. The first kappa shape index (κ1) is 31.5. The summed E-state index contributed by atoms with van der Waals surface area (Å²) in [6.07, 6.45) is 3.51. The van der Waals surface area contributed by atoms with Crippen LogP contribution in [0.1, 0.15) is 50.5 Å². The highest BCUT2D eigenvalue weighted by atomic mass is 16.4. The van der Waals surface area contributed by atoms with Crippen molar-refractivity contribution in [3.05, 3.63) is 35.9 Å². The third-order valence-corrected chi connectivity index (χ3v) is 6.60. The molecule has 1 fully saturated rings. The quantitative estimate of drug-likeness (QED) is 0.0747. The second kappa shape index (κ2) is 16.3. The van der Waals surface area contributed by atoms with Gasteiger partial charge in [-0.3, -0.25) is 19.4 Å². The van der Waals surface area contributed by atoms with Gasteiger partial charge in [0.05, 0.1) is 6.04 Å². The van der Waals surface area contributed by atoms with Gasteiger partial charge >= 0.3 is 5.97 Å². The fourth-order valence-electron chi connectivity index (χ4n) is 4.50. The van der Waals surface area contributed by atoms with E-state index in [0.29, 0.717) is 45.2 Å². The van der Waals surface area contributed by atoms with E-state index in [1.54, 1.807) is 24.3 Å². The zero-order valence-electron chi connectivity index (χ0n) is 22.3. The molecule has 0 saturated carbocycles. The number of aliphatic imine (C=N–C) groups is 1. The van der Waals surface area contributed by atoms with Crippen LogP contribution in [0.15, 0.2) is 35.3 Å². The number of likely N-dealkylation sites (tertiary alicyclic amines) is 1. The number of carboxylic acid groups (broad SMARTS) is 1. The molecule has 2 rings (SSSR count). The maximum absolute atomic E-state index is 13.6. The van der Waals surface area contributed by atoms with Crippen LogP contribution in [-0.4, -0.2) is 83.5 Å². The van der Waals surface area contributed by atoms with E-state index in [1.807, 2.05) is 6.07 Å². The SMILES string of the molecule is NCCCCC(N)C(=O)NC(CCCN=C(N)N)C(=O)N1CCCC1C(=O)NC(Cc1ccccc1)C(=O)O. The number of carbonyl (C=O) groups excluding carboxylic acids is 3. The molecule has 4 unspecified atom stereocenters. The topological polar surface area (TPSA) is 232 Å². The number of hydrogen-bond acceptors (Lipinski definition) is 7. The summed E-state index contributed by atoms with van der Waals surface area (Å²) in [5.74, 6) is -2.70. The predicted octanol–water partition coefficient (Wildman–Crippen LogP) is -1.22. The van der Waals surface area contributed by atoms with Crippen LogP contribution in [0.4, 0.5) is 0 Å². The van der Waals surface area contributed by atoms with Crippen LogP contribution in [0.25, 0.3) is 0 Å². The van der Waals surface area contributed by atoms with Crippen LogP contribution in [0.2, 0.25) is 0 Å². The van der Waals surface area contributed by atoms with E-state index < -0.39 is 47.9 Å². The first-order valence-electron chi connectivity index (χ1n) is 13.3. The lowest BCUT2D eigenvalue weighted by Gasteiger charge is -2.30. The first-order valence-corrected chi connectivity index (χ1v) is 13.3. The molecule has 0 radical (unpaired) electrons. The Morgan fingerprint density at radius 3 is 2.38 bits per heavy atom. The summed E-state index contributed by atoms with van der Waals surface area (Å²) >= 11 is 0. The fourth-order valence-corrected chi connectivity index (χ4v) is 4.50. The summed E-state index contributed by atoms with van der Waals surface area (Å²) in [6.45, 7) is 1.05. The van der Waals surface area contributed by atoms with Gasteiger partial charge in [-0.2, -0.15) is 0 Å². The number of aliphatic carboxylic acids is 1. The van der Waals surface area contributed by atoms with E-state index in [9.17, 15) is 24.3 Å². The van der Waals surface area contributed by atoms with Gasteiger partial charge in [-0.25, -0.2) is 4.79 Å². The molecule has 13 nitrogen and oxygen atoms in total. The zero-order valence-corrected chi connectivity index (χ0v) is 22.3. The third kappa shape index (κ3) is 10.5. The van der Waals surface area contributed by atoms with Gasteiger partial charge in [0.25, 0.3) is 0 Å². The molecule has 0 aromatic heterocycles. The van der Waals surface area contributed by atoms with Crippen molar-refractivity contribution in [2.75, 3.05) is 19.6 Å². The lowest BCUT2D eigenvalue weighted by atomic mass is 10.0. The molecular formula is C26H42N8O5. The molecule has 0 bridgehead atoms. The summed E-state index contributed by atoms with van der Waals surface area (Å²) < 4.78 is 0. The molecule has 1 aliphatic heterocycles. The van der Waals surface area contributed by atoms with E-state index in [0.717, 1.165) is 12.0 Å². The molecule has 0 spiro atoms. The molecule has 216 valence electrons. The summed E-state index contributed by atoms with van der Waals surface area (Å²) in [7, 11) is 0. The highest BCUT2D eigenvalue weighted by molar-refractivity contribution is 5.94. The number of guanidine groups is 1. The summed E-state index contributed by atoms with van der Waals surface area (Å²) in [6, 6.07) is 5.20. The maximum Gasteiger partial charge on any atom is 0.326 e. The van der Waals surface area contributed by atoms with Crippen LogP contribution < -0.4 is 33.6 Å². The van der Waals surface area contributed by atoms with Crippen LogP contribution in [0, 0.1) is 0 Å². The van der Waals surface area contributed by atoms with Crippen molar-refractivity contribution in [1.82, 2.24) is 15.5 Å². The van der Waals surface area contributed by atoms with Crippen molar-refractivity contribution < 1.29 is 24.3 Å². The number of benzene rings is 1. The number of nitrogens with two attached hydrogens (primary N) is 4. The molecule has 39 heavy (non-hydrogen) atoms. The van der Waals surface area contributed by atoms with E-state index >= 15 is 0 Å². The number of hydrogen-bond donors (Lipinski definition) is 7. The van der Waals surface area contributed by atoms with Crippen molar-refractivity contribution in [2.45, 2.75) is 75.5 Å². The number of amides is 3. The zero-order chi connectivity index (χ0) is 28.8. The number of nitrogens with zero attached hydrogens (tertiary/aromatic N) is 2. The lowest BCUT2D eigenvalue weighted by Crippen LogP contribution is -2.57. The minimum atomic E-state index is -1.17. The first-order chi connectivity index (χ1) is 18.6. The molecule has 1 aromatic rings. The molecule has 1 aromatic carbocycles. The molecule has 1 heterocycles. The molecule has 1 saturated heterocycles. The Balaban J connectivity index is 2.11. The molecule has 3 amide bonds. The molecular weight excluding hydrogens is 504 g/mol. The number of unbranched alkanes of at least 4 members (excludes halogenated alkanes) is 1. The van der Waals surface area contributed by atoms with E-state index in [4.69, 9.17) is 22.9 Å². The van der Waals surface area contributed by atoms with Gasteiger partial charge in [0.2, 0.25) is 17.7 Å². The standard InChI is InChI=1S/C26H42N8O5/c27-13-5-4-10-18(28)22(35)32-19(11-6-14-31-26(29)30)24(37)34-15-7-12-21(34)23(36)33-20(25(38)39)16-17-8-2-1-3-9-17/h1-3,8-9,18-21H,4-7,10-16,27-28H2,(H,32,35)(H,33,36)(H,38,39)(H4,29,30,31). The molecule has 13 heteroatoms. The highest BCUT2D eigenvalue weighted by Gasteiger charge is 2.39. The van der Waals surface area contributed by atoms with Crippen molar-refractivity contribution in [2.24, 2.45) is 27.9 Å². The summed E-state index contributed by atoms with van der Waals surface area (Å²) in [5, 5.41) is 15.0. The van der Waals surface area contributed by atoms with Crippen LogP contribution in [0.5, 0.6) is 0 Å². The number of rotatable bonds is 16. The van der Waals surface area contributed by atoms with Gasteiger partial charge in [0.15, 0.2) is 5.96 Å². The lowest BCUT2D eigenvalue weighted by molar-refractivity contribution is -0.145. The Hall–Kier alpha value is -3.71. The van der Waals surface area contributed by atoms with Crippen molar-refractivity contribution in [3.8, 4) is 0 Å². The monoisotopic (exact) mass is 546 g/mol. The molecule has 4 atom stereocenters. The largest absolute Gasteiger partial charge is 0.480 e. The Morgan fingerprint density at radius 1 is 1.03 bits per heavy atom. The van der Waals surface area contributed by atoms with Gasteiger partial charge in [0, 0.05) is 19.5 Å².